The summed E-state index contributed by atoms with van der Waals surface area (Å²) in [5, 5.41) is 6.27. The summed E-state index contributed by atoms with van der Waals surface area (Å²) >= 11 is 0. The molecule has 2 aliphatic rings. The quantitative estimate of drug-likeness (QED) is 0.646. The van der Waals surface area contributed by atoms with Crippen LogP contribution < -0.4 is 10.6 Å². The predicted molar refractivity (Wildman–Crippen MR) is 66.7 cm³/mol. The Bertz CT molecular complexity index is 258. The normalized spacial score (nSPS) is 30.8. The molecule has 2 saturated carbocycles. The van der Waals surface area contributed by atoms with E-state index in [2.05, 4.69) is 10.6 Å². The van der Waals surface area contributed by atoms with Gasteiger partial charge in [0.05, 0.1) is 6.61 Å². The summed E-state index contributed by atoms with van der Waals surface area (Å²) in [6.45, 7) is 3.13. The van der Waals surface area contributed by atoms with Crippen molar-refractivity contribution in [1.82, 2.24) is 10.6 Å². The minimum Gasteiger partial charge on any atom is -0.383 e. The number of rotatable bonds is 7. The third kappa shape index (κ3) is 3.42. The van der Waals surface area contributed by atoms with E-state index < -0.39 is 0 Å². The van der Waals surface area contributed by atoms with Gasteiger partial charge in [0.1, 0.15) is 0 Å². The van der Waals surface area contributed by atoms with E-state index in [9.17, 15) is 4.79 Å². The highest BCUT2D eigenvalue weighted by Gasteiger charge is 2.42. The number of nitrogens with one attached hydrogen (secondary N) is 2. The molecule has 2 rings (SSSR count). The summed E-state index contributed by atoms with van der Waals surface area (Å²) in [6, 6.07) is 0. The molecule has 98 valence electrons. The standard InChI is InChI=1S/C13H24N2O2/c1-17-7-6-14-4-5-15-13(16)12-9-10-2-3-11(12)8-10/h10-12,14H,2-9H2,1H3,(H,15,16). The van der Waals surface area contributed by atoms with Gasteiger partial charge in [-0.25, -0.2) is 0 Å². The Hall–Kier alpha value is -0.610. The molecule has 0 aromatic carbocycles. The minimum atomic E-state index is 0.283. The van der Waals surface area contributed by atoms with Gasteiger partial charge in [0.2, 0.25) is 5.91 Å². The Balaban J connectivity index is 1.55. The van der Waals surface area contributed by atoms with Crippen LogP contribution in [0, 0.1) is 17.8 Å². The molecule has 0 radical (unpaired) electrons. The van der Waals surface area contributed by atoms with E-state index in [0.29, 0.717) is 11.8 Å². The molecule has 0 heterocycles. The Morgan fingerprint density at radius 3 is 2.76 bits per heavy atom. The van der Waals surface area contributed by atoms with E-state index in [0.717, 1.165) is 38.6 Å². The van der Waals surface area contributed by atoms with Crippen LogP contribution in [0.1, 0.15) is 25.7 Å². The molecule has 0 saturated heterocycles. The molecule has 0 aliphatic heterocycles. The van der Waals surface area contributed by atoms with Crippen molar-refractivity contribution in [2.24, 2.45) is 17.8 Å². The van der Waals surface area contributed by atoms with Crippen LogP contribution in [0.3, 0.4) is 0 Å². The topological polar surface area (TPSA) is 50.4 Å². The third-order valence-electron chi connectivity index (χ3n) is 4.16. The van der Waals surface area contributed by atoms with Crippen LogP contribution >= 0.6 is 0 Å². The van der Waals surface area contributed by atoms with Gasteiger partial charge in [0, 0.05) is 32.7 Å². The van der Waals surface area contributed by atoms with E-state index in [4.69, 9.17) is 4.74 Å². The van der Waals surface area contributed by atoms with E-state index in [1.807, 2.05) is 0 Å². The Kier molecular flexibility index (Phi) is 4.80. The molecule has 2 N–H and O–H groups in total. The second-order valence-corrected chi connectivity index (χ2v) is 5.32. The second-order valence-electron chi connectivity index (χ2n) is 5.32. The number of carbonyl (C=O) groups is 1. The predicted octanol–water partition coefficient (Wildman–Crippen LogP) is 0.775. The van der Waals surface area contributed by atoms with Gasteiger partial charge in [-0.15, -0.1) is 0 Å². The van der Waals surface area contributed by atoms with E-state index in [-0.39, 0.29) is 5.91 Å². The number of carbonyl (C=O) groups excluding carboxylic acids is 1. The highest BCUT2D eigenvalue weighted by atomic mass is 16.5. The lowest BCUT2D eigenvalue weighted by molar-refractivity contribution is -0.126. The number of ether oxygens (including phenoxy) is 1. The number of methoxy groups -OCH3 is 1. The minimum absolute atomic E-state index is 0.283. The van der Waals surface area contributed by atoms with Crippen LogP contribution in [0.25, 0.3) is 0 Å². The summed E-state index contributed by atoms with van der Waals surface area (Å²) in [6.07, 6.45) is 5.06. The fourth-order valence-electron chi connectivity index (χ4n) is 3.27. The molecule has 1 amide bonds. The average molecular weight is 240 g/mol. The van der Waals surface area contributed by atoms with Crippen LogP contribution in [0.15, 0.2) is 0 Å². The molecule has 2 aliphatic carbocycles. The number of hydrogen-bond donors (Lipinski definition) is 2. The Labute approximate surface area is 103 Å². The Morgan fingerprint density at radius 2 is 2.12 bits per heavy atom. The van der Waals surface area contributed by atoms with Crippen LogP contribution in [-0.2, 0) is 9.53 Å². The molecule has 2 bridgehead atoms. The molecular formula is C13H24N2O2. The summed E-state index contributed by atoms with van der Waals surface area (Å²) in [7, 11) is 1.69. The second kappa shape index (κ2) is 6.36. The van der Waals surface area contributed by atoms with Crippen molar-refractivity contribution in [3.63, 3.8) is 0 Å². The maximum atomic E-state index is 12.0. The fourth-order valence-corrected chi connectivity index (χ4v) is 3.27. The molecule has 3 unspecified atom stereocenters. The summed E-state index contributed by atoms with van der Waals surface area (Å²) < 4.78 is 4.93. The zero-order valence-electron chi connectivity index (χ0n) is 10.7. The molecule has 2 fully saturated rings. The van der Waals surface area contributed by atoms with Gasteiger partial charge >= 0.3 is 0 Å². The van der Waals surface area contributed by atoms with Gasteiger partial charge < -0.3 is 15.4 Å². The summed E-state index contributed by atoms with van der Waals surface area (Å²) in [4.78, 5) is 12.0. The molecular weight excluding hydrogens is 216 g/mol. The average Bonchev–Trinajstić information content (AvgIpc) is 2.95. The first-order valence-electron chi connectivity index (χ1n) is 6.78. The number of amides is 1. The number of fused-ring (bicyclic) bond motifs is 2. The monoisotopic (exact) mass is 240 g/mol. The van der Waals surface area contributed by atoms with E-state index in [1.54, 1.807) is 7.11 Å². The molecule has 17 heavy (non-hydrogen) atoms. The van der Waals surface area contributed by atoms with E-state index in [1.165, 1.54) is 19.3 Å². The SMILES string of the molecule is COCCNCCNC(=O)C1CC2CCC1C2. The Morgan fingerprint density at radius 1 is 1.24 bits per heavy atom. The summed E-state index contributed by atoms with van der Waals surface area (Å²) in [5.41, 5.74) is 0. The van der Waals surface area contributed by atoms with Crippen LogP contribution in [0.2, 0.25) is 0 Å². The van der Waals surface area contributed by atoms with Crippen molar-refractivity contribution in [2.45, 2.75) is 25.7 Å². The largest absolute Gasteiger partial charge is 0.383 e. The maximum Gasteiger partial charge on any atom is 0.223 e. The van der Waals surface area contributed by atoms with Gasteiger partial charge in [0.25, 0.3) is 0 Å². The zero-order chi connectivity index (χ0) is 12.1. The van der Waals surface area contributed by atoms with Gasteiger partial charge in [-0.3, -0.25) is 4.79 Å². The lowest BCUT2D eigenvalue weighted by Crippen LogP contribution is -2.38. The fraction of sp³-hybridized carbons (Fsp3) is 0.923. The first-order valence-corrected chi connectivity index (χ1v) is 6.78. The molecule has 3 atom stereocenters. The lowest BCUT2D eigenvalue weighted by atomic mass is 9.88. The number of hydrogen-bond acceptors (Lipinski definition) is 3. The molecule has 4 nitrogen and oxygen atoms in total. The smallest absolute Gasteiger partial charge is 0.223 e. The van der Waals surface area contributed by atoms with Gasteiger partial charge in [-0.1, -0.05) is 6.42 Å². The highest BCUT2D eigenvalue weighted by Crippen LogP contribution is 2.48. The van der Waals surface area contributed by atoms with Crippen molar-refractivity contribution in [3.8, 4) is 0 Å². The van der Waals surface area contributed by atoms with Crippen LogP contribution in [0.4, 0.5) is 0 Å². The third-order valence-corrected chi connectivity index (χ3v) is 4.16. The van der Waals surface area contributed by atoms with Gasteiger partial charge in [-0.2, -0.15) is 0 Å². The maximum absolute atomic E-state index is 12.0. The molecule has 0 aromatic rings. The van der Waals surface area contributed by atoms with Crippen molar-refractivity contribution in [1.29, 1.82) is 0 Å². The van der Waals surface area contributed by atoms with Crippen LogP contribution in [0.5, 0.6) is 0 Å². The summed E-state index contributed by atoms with van der Waals surface area (Å²) in [5.74, 6) is 2.12. The first-order chi connectivity index (χ1) is 8.31. The van der Waals surface area contributed by atoms with Crippen LogP contribution in [-0.4, -0.2) is 39.3 Å². The lowest BCUT2D eigenvalue weighted by Gasteiger charge is -2.20. The van der Waals surface area contributed by atoms with Crippen molar-refractivity contribution in [2.75, 3.05) is 33.4 Å². The molecule has 0 aromatic heterocycles. The zero-order valence-corrected chi connectivity index (χ0v) is 10.7. The van der Waals surface area contributed by atoms with Crippen molar-refractivity contribution >= 4 is 5.91 Å². The van der Waals surface area contributed by atoms with Gasteiger partial charge in [-0.05, 0) is 31.1 Å². The van der Waals surface area contributed by atoms with Crippen molar-refractivity contribution < 1.29 is 9.53 Å². The van der Waals surface area contributed by atoms with Crippen molar-refractivity contribution in [3.05, 3.63) is 0 Å². The van der Waals surface area contributed by atoms with E-state index >= 15 is 0 Å². The highest BCUT2D eigenvalue weighted by molar-refractivity contribution is 5.79. The molecule has 0 spiro atoms. The first kappa shape index (κ1) is 12.8. The van der Waals surface area contributed by atoms with Gasteiger partial charge in [0.15, 0.2) is 0 Å². The molecule has 4 heteroatoms.